The highest BCUT2D eigenvalue weighted by atomic mass is 19.1. The number of nitrogens with zero attached hydrogens (tertiary/aromatic N) is 3. The minimum absolute atomic E-state index is 0.288. The van der Waals surface area contributed by atoms with Crippen molar-refractivity contribution in [3.8, 4) is 0 Å². The smallest absolute Gasteiger partial charge is 0.326 e. The first-order valence-electron chi connectivity index (χ1n) is 6.20. The van der Waals surface area contributed by atoms with Crippen LogP contribution in [0.4, 0.5) is 10.3 Å². The van der Waals surface area contributed by atoms with Gasteiger partial charge < -0.3 is 14.6 Å². The summed E-state index contributed by atoms with van der Waals surface area (Å²) in [7, 11) is 1.78. The number of fused-ring (bicyclic) bond motifs is 1. The topological polar surface area (TPSA) is 58.4 Å². The lowest BCUT2D eigenvalue weighted by Crippen LogP contribution is -2.37. The summed E-state index contributed by atoms with van der Waals surface area (Å²) >= 11 is 0. The Labute approximate surface area is 109 Å². The van der Waals surface area contributed by atoms with Gasteiger partial charge >= 0.3 is 5.97 Å². The van der Waals surface area contributed by atoms with E-state index in [4.69, 9.17) is 0 Å². The fourth-order valence-electron chi connectivity index (χ4n) is 2.69. The van der Waals surface area contributed by atoms with Gasteiger partial charge in [-0.05, 0) is 25.0 Å². The molecule has 1 fully saturated rings. The third-order valence-corrected chi connectivity index (χ3v) is 3.63. The van der Waals surface area contributed by atoms with Gasteiger partial charge in [-0.15, -0.1) is 0 Å². The van der Waals surface area contributed by atoms with Crippen molar-refractivity contribution >= 4 is 23.0 Å². The Hall–Kier alpha value is -2.11. The zero-order valence-corrected chi connectivity index (χ0v) is 10.5. The molecule has 0 aliphatic carbocycles. The number of aryl methyl sites for hydroxylation is 1. The van der Waals surface area contributed by atoms with E-state index in [2.05, 4.69) is 4.98 Å². The van der Waals surface area contributed by atoms with Crippen molar-refractivity contribution in [2.75, 3.05) is 11.4 Å². The fourth-order valence-corrected chi connectivity index (χ4v) is 2.69. The number of hydrogen-bond acceptors (Lipinski definition) is 3. The number of carboxylic acids is 1. The van der Waals surface area contributed by atoms with E-state index in [1.807, 2.05) is 0 Å². The third-order valence-electron chi connectivity index (χ3n) is 3.63. The number of aromatic nitrogens is 2. The molecule has 3 rings (SSSR count). The van der Waals surface area contributed by atoms with Gasteiger partial charge in [-0.2, -0.15) is 0 Å². The Kier molecular flexibility index (Phi) is 2.66. The molecule has 2 aromatic rings. The predicted octanol–water partition coefficient (Wildman–Crippen LogP) is 1.77. The molecule has 0 radical (unpaired) electrons. The van der Waals surface area contributed by atoms with Gasteiger partial charge in [-0.25, -0.2) is 14.2 Å². The highest BCUT2D eigenvalue weighted by molar-refractivity contribution is 5.82. The summed E-state index contributed by atoms with van der Waals surface area (Å²) in [4.78, 5) is 17.2. The molecule has 1 saturated heterocycles. The van der Waals surface area contributed by atoms with Crippen LogP contribution in [0.2, 0.25) is 0 Å². The maximum atomic E-state index is 13.7. The van der Waals surface area contributed by atoms with Gasteiger partial charge in [0.2, 0.25) is 5.95 Å². The Bertz CT molecular complexity index is 653. The summed E-state index contributed by atoms with van der Waals surface area (Å²) in [6.45, 7) is 0.635. The summed E-state index contributed by atoms with van der Waals surface area (Å²) in [5, 5.41) is 9.21. The number of benzene rings is 1. The van der Waals surface area contributed by atoms with Gasteiger partial charge in [0.15, 0.2) is 5.82 Å². The molecular formula is C13H14FN3O2. The van der Waals surface area contributed by atoms with E-state index in [0.717, 1.165) is 6.42 Å². The normalized spacial score (nSPS) is 19.3. The van der Waals surface area contributed by atoms with Gasteiger partial charge in [0, 0.05) is 13.6 Å². The van der Waals surface area contributed by atoms with Crippen LogP contribution < -0.4 is 4.90 Å². The van der Waals surface area contributed by atoms with Crippen LogP contribution in [0.1, 0.15) is 12.8 Å². The number of halogens is 1. The summed E-state index contributed by atoms with van der Waals surface area (Å²) in [5.74, 6) is -0.722. The first kappa shape index (κ1) is 12.0. The molecule has 2 heterocycles. The standard InChI is InChI=1S/C13H14FN3O2/c1-16-9-5-2-4-8(14)11(9)15-13(16)17-7-3-6-10(17)12(18)19/h2,4-5,10H,3,6-7H2,1H3,(H,18,19). The van der Waals surface area contributed by atoms with Crippen LogP contribution in [0, 0.1) is 5.82 Å². The van der Waals surface area contributed by atoms with Gasteiger partial charge in [0.25, 0.3) is 0 Å². The van der Waals surface area contributed by atoms with Crippen molar-refractivity contribution in [2.24, 2.45) is 7.05 Å². The van der Waals surface area contributed by atoms with Gasteiger partial charge in [-0.1, -0.05) is 6.07 Å². The highest BCUT2D eigenvalue weighted by Crippen LogP contribution is 2.28. The van der Waals surface area contributed by atoms with Crippen LogP contribution in [0.3, 0.4) is 0 Å². The van der Waals surface area contributed by atoms with Crippen LogP contribution >= 0.6 is 0 Å². The zero-order chi connectivity index (χ0) is 13.6. The lowest BCUT2D eigenvalue weighted by Gasteiger charge is -2.22. The fraction of sp³-hybridized carbons (Fsp3) is 0.385. The number of anilines is 1. The number of carbonyl (C=O) groups is 1. The van der Waals surface area contributed by atoms with Crippen LogP contribution in [-0.2, 0) is 11.8 Å². The molecule has 100 valence electrons. The summed E-state index contributed by atoms with van der Waals surface area (Å²) < 4.78 is 15.5. The van der Waals surface area contributed by atoms with E-state index in [9.17, 15) is 14.3 Å². The van der Waals surface area contributed by atoms with Crippen molar-refractivity contribution in [1.82, 2.24) is 9.55 Å². The monoisotopic (exact) mass is 263 g/mol. The average molecular weight is 263 g/mol. The second-order valence-electron chi connectivity index (χ2n) is 4.77. The number of para-hydroxylation sites is 1. The van der Waals surface area contributed by atoms with Crippen molar-refractivity contribution in [1.29, 1.82) is 0 Å². The van der Waals surface area contributed by atoms with Crippen molar-refractivity contribution in [3.05, 3.63) is 24.0 Å². The Balaban J connectivity index is 2.13. The molecule has 0 amide bonds. The molecule has 0 spiro atoms. The predicted molar refractivity (Wildman–Crippen MR) is 68.7 cm³/mol. The lowest BCUT2D eigenvalue weighted by atomic mass is 10.2. The molecule has 0 bridgehead atoms. The van der Waals surface area contributed by atoms with Gasteiger partial charge in [0.1, 0.15) is 11.6 Å². The quantitative estimate of drug-likeness (QED) is 0.897. The van der Waals surface area contributed by atoms with E-state index in [-0.39, 0.29) is 11.3 Å². The zero-order valence-electron chi connectivity index (χ0n) is 10.5. The number of imidazole rings is 1. The SMILES string of the molecule is Cn1c(N2CCCC2C(=O)O)nc2c(F)cccc21. The van der Waals surface area contributed by atoms with Crippen LogP contribution in [-0.4, -0.2) is 33.2 Å². The second kappa shape index (κ2) is 4.22. The average Bonchev–Trinajstić information content (AvgIpc) is 2.95. The van der Waals surface area contributed by atoms with Crippen molar-refractivity contribution in [2.45, 2.75) is 18.9 Å². The summed E-state index contributed by atoms with van der Waals surface area (Å²) in [6.07, 6.45) is 1.41. The molecule has 5 nitrogen and oxygen atoms in total. The number of aliphatic carboxylic acids is 1. The molecule has 1 unspecified atom stereocenters. The first-order valence-corrected chi connectivity index (χ1v) is 6.20. The van der Waals surface area contributed by atoms with E-state index in [1.54, 1.807) is 28.6 Å². The Morgan fingerprint density at radius 2 is 2.32 bits per heavy atom. The summed E-state index contributed by atoms with van der Waals surface area (Å²) in [5.41, 5.74) is 0.960. The molecule has 0 saturated carbocycles. The Morgan fingerprint density at radius 3 is 3.00 bits per heavy atom. The van der Waals surface area contributed by atoms with E-state index in [0.29, 0.717) is 24.4 Å². The first-order chi connectivity index (χ1) is 9.09. The van der Waals surface area contributed by atoms with Crippen LogP contribution in [0.5, 0.6) is 0 Å². The molecule has 19 heavy (non-hydrogen) atoms. The van der Waals surface area contributed by atoms with E-state index in [1.165, 1.54) is 6.07 Å². The number of hydrogen-bond donors (Lipinski definition) is 1. The lowest BCUT2D eigenvalue weighted by molar-refractivity contribution is -0.138. The molecule has 1 aliphatic heterocycles. The van der Waals surface area contributed by atoms with Crippen molar-refractivity contribution in [3.63, 3.8) is 0 Å². The second-order valence-corrected chi connectivity index (χ2v) is 4.77. The Morgan fingerprint density at radius 1 is 1.53 bits per heavy atom. The largest absolute Gasteiger partial charge is 0.480 e. The maximum absolute atomic E-state index is 13.7. The minimum Gasteiger partial charge on any atom is -0.480 e. The molecule has 1 aromatic heterocycles. The van der Waals surface area contributed by atoms with Gasteiger partial charge in [0.05, 0.1) is 5.52 Å². The minimum atomic E-state index is -0.856. The van der Waals surface area contributed by atoms with Crippen LogP contribution in [0.15, 0.2) is 18.2 Å². The van der Waals surface area contributed by atoms with Gasteiger partial charge in [-0.3, -0.25) is 0 Å². The molecule has 1 aromatic carbocycles. The van der Waals surface area contributed by atoms with Crippen LogP contribution in [0.25, 0.3) is 11.0 Å². The van der Waals surface area contributed by atoms with Crippen molar-refractivity contribution < 1.29 is 14.3 Å². The molecule has 1 N–H and O–H groups in total. The third kappa shape index (κ3) is 1.75. The number of rotatable bonds is 2. The number of carboxylic acid groups (broad SMARTS) is 1. The summed E-state index contributed by atoms with van der Waals surface area (Å²) in [6, 6.07) is 4.19. The molecular weight excluding hydrogens is 249 g/mol. The van der Waals surface area contributed by atoms with E-state index < -0.39 is 12.0 Å². The highest BCUT2D eigenvalue weighted by Gasteiger charge is 2.33. The molecule has 1 atom stereocenters. The maximum Gasteiger partial charge on any atom is 0.326 e. The molecule has 1 aliphatic rings. The van der Waals surface area contributed by atoms with E-state index >= 15 is 0 Å². The molecule has 6 heteroatoms.